The maximum atomic E-state index is 4.76. The Kier molecular flexibility index (Phi) is 10.7. The van der Waals surface area contributed by atoms with Gasteiger partial charge < -0.3 is 20.9 Å². The summed E-state index contributed by atoms with van der Waals surface area (Å²) in [4.78, 5) is 2.79. The van der Waals surface area contributed by atoms with Crippen LogP contribution in [0.5, 0.6) is 0 Å². The average Bonchev–Trinajstić information content (AvgIpc) is 3.25. The van der Waals surface area contributed by atoms with Gasteiger partial charge in [-0.25, -0.2) is 0 Å². The zero-order valence-electron chi connectivity index (χ0n) is 23.7. The highest BCUT2D eigenvalue weighted by molar-refractivity contribution is 5.91. The van der Waals surface area contributed by atoms with E-state index in [1.807, 2.05) is 17.9 Å². The fourth-order valence-corrected chi connectivity index (χ4v) is 6.54. The Balaban J connectivity index is 1.35. The van der Waals surface area contributed by atoms with Crippen LogP contribution in [-0.4, -0.2) is 46.9 Å². The second-order valence-corrected chi connectivity index (χ2v) is 11.4. The van der Waals surface area contributed by atoms with Gasteiger partial charge in [0.1, 0.15) is 0 Å². The number of aromatic nitrogens is 2. The lowest BCUT2D eigenvalue weighted by Gasteiger charge is -2.38. The molecule has 1 atom stereocenters. The summed E-state index contributed by atoms with van der Waals surface area (Å²) in [6.07, 6.45) is 18.1. The number of hydrogen-bond donors (Lipinski definition) is 3. The SMILES string of the molecule is C=CNCCC(=C)Nc1nn(C)c2cc(C3CCN(C(CCNC=C)CCC4CCCCC4)CC3)ccc12. The molecule has 1 aromatic heterocycles. The topological polar surface area (TPSA) is 57.2 Å². The van der Waals surface area contributed by atoms with Crippen molar-refractivity contribution in [2.75, 3.05) is 31.5 Å². The number of rotatable bonds is 15. The lowest BCUT2D eigenvalue weighted by molar-refractivity contribution is 0.129. The molecule has 1 saturated carbocycles. The van der Waals surface area contributed by atoms with Gasteiger partial charge >= 0.3 is 0 Å². The molecule has 3 N–H and O–H groups in total. The van der Waals surface area contributed by atoms with Crippen molar-refractivity contribution in [2.24, 2.45) is 13.0 Å². The van der Waals surface area contributed by atoms with Gasteiger partial charge in [0.15, 0.2) is 5.82 Å². The molecule has 208 valence electrons. The summed E-state index contributed by atoms with van der Waals surface area (Å²) in [5.41, 5.74) is 3.59. The number of hydrogen-bond acceptors (Lipinski definition) is 5. The van der Waals surface area contributed by atoms with Crippen LogP contribution in [0.2, 0.25) is 0 Å². The number of likely N-dealkylation sites (tertiary alicyclic amines) is 1. The Hall–Kier alpha value is -2.73. The van der Waals surface area contributed by atoms with Gasteiger partial charge in [-0.3, -0.25) is 4.68 Å². The number of piperidine rings is 1. The van der Waals surface area contributed by atoms with Crippen molar-refractivity contribution in [3.05, 3.63) is 61.6 Å². The third-order valence-electron chi connectivity index (χ3n) is 8.80. The van der Waals surface area contributed by atoms with E-state index in [9.17, 15) is 0 Å². The maximum absolute atomic E-state index is 4.76. The first-order valence-corrected chi connectivity index (χ1v) is 14.9. The number of aryl methyl sites for hydroxylation is 1. The summed E-state index contributed by atoms with van der Waals surface area (Å²) in [5, 5.41) is 15.8. The lowest BCUT2D eigenvalue weighted by atomic mass is 9.84. The van der Waals surface area contributed by atoms with Crippen molar-refractivity contribution in [1.82, 2.24) is 25.3 Å². The molecule has 2 fully saturated rings. The molecule has 6 heteroatoms. The Morgan fingerprint density at radius 1 is 1.03 bits per heavy atom. The largest absolute Gasteiger partial charge is 0.391 e. The third kappa shape index (κ3) is 7.66. The van der Waals surface area contributed by atoms with Gasteiger partial charge in [-0.05, 0) is 87.1 Å². The predicted molar refractivity (Wildman–Crippen MR) is 162 cm³/mol. The molecule has 2 heterocycles. The van der Waals surface area contributed by atoms with E-state index in [1.165, 1.54) is 88.4 Å². The van der Waals surface area contributed by atoms with Crippen LogP contribution >= 0.6 is 0 Å². The summed E-state index contributed by atoms with van der Waals surface area (Å²) in [6.45, 7) is 16.0. The van der Waals surface area contributed by atoms with E-state index in [2.05, 4.69) is 58.8 Å². The first-order chi connectivity index (χ1) is 18.6. The van der Waals surface area contributed by atoms with Crippen molar-refractivity contribution < 1.29 is 0 Å². The van der Waals surface area contributed by atoms with Crippen LogP contribution < -0.4 is 16.0 Å². The van der Waals surface area contributed by atoms with E-state index < -0.39 is 0 Å². The van der Waals surface area contributed by atoms with E-state index >= 15 is 0 Å². The monoisotopic (exact) mass is 518 g/mol. The minimum Gasteiger partial charge on any atom is -0.391 e. The molecule has 6 nitrogen and oxygen atoms in total. The van der Waals surface area contributed by atoms with Gasteiger partial charge in [0.05, 0.1) is 5.52 Å². The third-order valence-corrected chi connectivity index (χ3v) is 8.80. The molecular weight excluding hydrogens is 468 g/mol. The van der Waals surface area contributed by atoms with Crippen molar-refractivity contribution in [2.45, 2.75) is 82.6 Å². The minimum absolute atomic E-state index is 0.618. The fraction of sp³-hybridized carbons (Fsp3) is 0.594. The van der Waals surface area contributed by atoms with Gasteiger partial charge in [0, 0.05) is 43.7 Å². The van der Waals surface area contributed by atoms with Gasteiger partial charge in [0.2, 0.25) is 0 Å². The van der Waals surface area contributed by atoms with Crippen LogP contribution in [0.1, 0.15) is 82.1 Å². The zero-order chi connectivity index (χ0) is 26.7. The second-order valence-electron chi connectivity index (χ2n) is 11.4. The quantitative estimate of drug-likeness (QED) is 0.230. The van der Waals surface area contributed by atoms with Gasteiger partial charge in [-0.15, -0.1) is 0 Å². The zero-order valence-corrected chi connectivity index (χ0v) is 23.7. The van der Waals surface area contributed by atoms with E-state index in [-0.39, 0.29) is 0 Å². The van der Waals surface area contributed by atoms with E-state index in [1.54, 1.807) is 6.20 Å². The number of fused-ring (bicyclic) bond motifs is 1. The van der Waals surface area contributed by atoms with Crippen LogP contribution in [0.4, 0.5) is 5.82 Å². The molecule has 0 amide bonds. The van der Waals surface area contributed by atoms with Crippen LogP contribution in [0.25, 0.3) is 10.9 Å². The van der Waals surface area contributed by atoms with E-state index in [4.69, 9.17) is 5.10 Å². The molecule has 1 unspecified atom stereocenters. The van der Waals surface area contributed by atoms with E-state index in [0.29, 0.717) is 12.0 Å². The Morgan fingerprint density at radius 3 is 2.50 bits per heavy atom. The molecule has 2 aromatic rings. The number of nitrogens with one attached hydrogen (secondary N) is 3. The van der Waals surface area contributed by atoms with Crippen LogP contribution in [0.3, 0.4) is 0 Å². The molecule has 0 radical (unpaired) electrons. The molecule has 4 rings (SSSR count). The normalized spacial score (nSPS) is 18.2. The highest BCUT2D eigenvalue weighted by Gasteiger charge is 2.27. The average molecular weight is 519 g/mol. The number of benzene rings is 1. The van der Waals surface area contributed by atoms with Crippen molar-refractivity contribution in [3.8, 4) is 0 Å². The molecule has 1 aromatic carbocycles. The first kappa shape index (κ1) is 28.3. The van der Waals surface area contributed by atoms with Crippen molar-refractivity contribution in [1.29, 1.82) is 0 Å². The Labute approximate surface area is 230 Å². The molecule has 0 spiro atoms. The molecule has 0 bridgehead atoms. The summed E-state index contributed by atoms with van der Waals surface area (Å²) < 4.78 is 2.00. The highest BCUT2D eigenvalue weighted by Crippen LogP contribution is 2.34. The molecular formula is C32H50N6. The summed E-state index contributed by atoms with van der Waals surface area (Å²) >= 11 is 0. The molecule has 2 aliphatic rings. The van der Waals surface area contributed by atoms with Gasteiger partial charge in [-0.1, -0.05) is 57.9 Å². The Morgan fingerprint density at radius 2 is 1.76 bits per heavy atom. The van der Waals surface area contributed by atoms with Crippen LogP contribution in [0.15, 0.2) is 56.0 Å². The number of anilines is 1. The standard InChI is InChI=1S/C32H50N6/c1-5-33-20-16-25(3)35-32-30-15-13-28(24-31(30)37(4)36-32)27-18-22-38(23-19-27)29(17-21-34-6-2)14-12-26-10-8-7-9-11-26/h5-6,13,15,24,26-27,29,33-34H,1-3,7-12,14,16-23H2,4H3,(H,35,36). The van der Waals surface area contributed by atoms with E-state index in [0.717, 1.165) is 42.3 Å². The predicted octanol–water partition coefficient (Wildman–Crippen LogP) is 6.65. The molecule has 1 aliphatic heterocycles. The maximum Gasteiger partial charge on any atom is 0.160 e. The van der Waals surface area contributed by atoms with Gasteiger partial charge in [-0.2, -0.15) is 5.10 Å². The molecule has 38 heavy (non-hydrogen) atoms. The van der Waals surface area contributed by atoms with Crippen molar-refractivity contribution in [3.63, 3.8) is 0 Å². The summed E-state index contributed by atoms with van der Waals surface area (Å²) in [5.74, 6) is 2.47. The Bertz CT molecular complexity index is 1040. The first-order valence-electron chi connectivity index (χ1n) is 14.9. The molecule has 1 aliphatic carbocycles. The highest BCUT2D eigenvalue weighted by atomic mass is 15.3. The molecule has 1 saturated heterocycles. The summed E-state index contributed by atoms with van der Waals surface area (Å²) in [7, 11) is 2.04. The van der Waals surface area contributed by atoms with Gasteiger partial charge in [0.25, 0.3) is 0 Å². The smallest absolute Gasteiger partial charge is 0.160 e. The lowest BCUT2D eigenvalue weighted by Crippen LogP contribution is -2.42. The van der Waals surface area contributed by atoms with Crippen LogP contribution in [-0.2, 0) is 7.05 Å². The van der Waals surface area contributed by atoms with Crippen molar-refractivity contribution >= 4 is 16.7 Å². The fourth-order valence-electron chi connectivity index (χ4n) is 6.54. The second kappa shape index (κ2) is 14.4. The minimum atomic E-state index is 0.618. The van der Waals surface area contributed by atoms with Crippen LogP contribution in [0, 0.1) is 5.92 Å². The summed E-state index contributed by atoms with van der Waals surface area (Å²) in [6, 6.07) is 7.62. The number of nitrogens with zero attached hydrogens (tertiary/aromatic N) is 3.